The highest BCUT2D eigenvalue weighted by atomic mass is 35.5. The van der Waals surface area contributed by atoms with Gasteiger partial charge in [-0.1, -0.05) is 0 Å². The zero-order valence-electron chi connectivity index (χ0n) is 10.7. The van der Waals surface area contributed by atoms with Crippen LogP contribution < -0.4 is 0 Å². The van der Waals surface area contributed by atoms with Gasteiger partial charge in [0.05, 0.1) is 23.6 Å². The van der Waals surface area contributed by atoms with Crippen molar-refractivity contribution < 1.29 is 17.9 Å². The molecule has 0 spiro atoms. The number of nitrogens with zero attached hydrogens (tertiary/aromatic N) is 2. The molecule has 106 valence electrons. The Morgan fingerprint density at radius 3 is 2.68 bits per heavy atom. The van der Waals surface area contributed by atoms with E-state index in [0.717, 1.165) is 0 Å². The third-order valence-corrected chi connectivity index (χ3v) is 4.12. The number of halogens is 1. The van der Waals surface area contributed by atoms with Crippen LogP contribution in [0.5, 0.6) is 0 Å². The standard InChI is InChI=1S/C11H15ClN2O4S/c1-3-18-10(15)9-7-13-11(14-8(9)2)19(16,17)6-4-5-12/h7H,3-6H2,1-2H3. The molecule has 19 heavy (non-hydrogen) atoms. The Balaban J connectivity index is 3.03. The lowest BCUT2D eigenvalue weighted by Crippen LogP contribution is -2.15. The average Bonchev–Trinajstić information content (AvgIpc) is 2.36. The second-order valence-electron chi connectivity index (χ2n) is 3.73. The molecule has 0 aliphatic carbocycles. The Labute approximate surface area is 117 Å². The zero-order chi connectivity index (χ0) is 14.5. The summed E-state index contributed by atoms with van der Waals surface area (Å²) in [5, 5.41) is -0.289. The molecule has 1 aromatic heterocycles. The van der Waals surface area contributed by atoms with Crippen molar-refractivity contribution in [1.29, 1.82) is 0 Å². The summed E-state index contributed by atoms with van der Waals surface area (Å²) in [6.07, 6.45) is 1.50. The minimum absolute atomic E-state index is 0.116. The molecule has 0 saturated carbocycles. The van der Waals surface area contributed by atoms with Gasteiger partial charge in [0, 0.05) is 12.1 Å². The third kappa shape index (κ3) is 4.14. The lowest BCUT2D eigenvalue weighted by molar-refractivity contribution is 0.0524. The summed E-state index contributed by atoms with van der Waals surface area (Å²) in [6.45, 7) is 3.45. The van der Waals surface area contributed by atoms with Gasteiger partial charge >= 0.3 is 5.97 Å². The number of esters is 1. The molecule has 0 unspecified atom stereocenters. The van der Waals surface area contributed by atoms with Crippen LogP contribution in [0.4, 0.5) is 0 Å². The predicted molar refractivity (Wildman–Crippen MR) is 70.1 cm³/mol. The predicted octanol–water partition coefficient (Wildman–Crippen LogP) is 1.36. The van der Waals surface area contributed by atoms with Crippen molar-refractivity contribution in [2.24, 2.45) is 0 Å². The van der Waals surface area contributed by atoms with Crippen LogP contribution in [0.2, 0.25) is 0 Å². The molecule has 6 nitrogen and oxygen atoms in total. The van der Waals surface area contributed by atoms with E-state index in [-0.39, 0.29) is 34.7 Å². The number of rotatable bonds is 6. The zero-order valence-corrected chi connectivity index (χ0v) is 12.3. The van der Waals surface area contributed by atoms with Crippen molar-refractivity contribution >= 4 is 27.4 Å². The third-order valence-electron chi connectivity index (χ3n) is 2.28. The van der Waals surface area contributed by atoms with E-state index in [0.29, 0.717) is 6.42 Å². The molecule has 0 amide bonds. The first-order valence-corrected chi connectivity index (χ1v) is 7.90. The van der Waals surface area contributed by atoms with Crippen molar-refractivity contribution in [2.45, 2.75) is 25.4 Å². The first-order chi connectivity index (χ1) is 8.92. The monoisotopic (exact) mass is 306 g/mol. The first kappa shape index (κ1) is 15.8. The normalized spacial score (nSPS) is 11.3. The van der Waals surface area contributed by atoms with Crippen LogP contribution in [0, 0.1) is 6.92 Å². The summed E-state index contributed by atoms with van der Waals surface area (Å²) in [6, 6.07) is 0. The molecule has 0 radical (unpaired) electrons. The van der Waals surface area contributed by atoms with Gasteiger partial charge in [-0.25, -0.2) is 23.2 Å². The average molecular weight is 307 g/mol. The summed E-state index contributed by atoms with van der Waals surface area (Å²) in [5.41, 5.74) is 0.441. The fraction of sp³-hybridized carbons (Fsp3) is 0.545. The van der Waals surface area contributed by atoms with Crippen LogP contribution in [0.3, 0.4) is 0 Å². The van der Waals surface area contributed by atoms with E-state index in [1.165, 1.54) is 13.1 Å². The van der Waals surface area contributed by atoms with E-state index in [1.54, 1.807) is 6.92 Å². The molecule has 0 saturated heterocycles. The van der Waals surface area contributed by atoms with Gasteiger partial charge in [-0.15, -0.1) is 11.6 Å². The number of ether oxygens (including phenoxy) is 1. The highest BCUT2D eigenvalue weighted by Crippen LogP contribution is 2.11. The molecule has 0 N–H and O–H groups in total. The summed E-state index contributed by atoms with van der Waals surface area (Å²) < 4.78 is 28.5. The molecule has 0 aliphatic heterocycles. The van der Waals surface area contributed by atoms with Gasteiger partial charge in [0.1, 0.15) is 0 Å². The summed E-state index contributed by atoms with van der Waals surface area (Å²) >= 11 is 5.46. The number of aromatic nitrogens is 2. The fourth-order valence-corrected chi connectivity index (χ4v) is 2.83. The van der Waals surface area contributed by atoms with E-state index in [4.69, 9.17) is 16.3 Å². The van der Waals surface area contributed by atoms with Gasteiger partial charge in [0.15, 0.2) is 0 Å². The Morgan fingerprint density at radius 1 is 1.47 bits per heavy atom. The van der Waals surface area contributed by atoms with E-state index >= 15 is 0 Å². The Hall–Kier alpha value is -1.21. The lowest BCUT2D eigenvalue weighted by atomic mass is 10.2. The van der Waals surface area contributed by atoms with Gasteiger partial charge in [0.25, 0.3) is 0 Å². The van der Waals surface area contributed by atoms with Crippen LogP contribution in [-0.2, 0) is 14.6 Å². The Morgan fingerprint density at radius 2 is 2.16 bits per heavy atom. The quantitative estimate of drug-likeness (QED) is 0.448. The van der Waals surface area contributed by atoms with Gasteiger partial charge in [0.2, 0.25) is 15.0 Å². The fourth-order valence-electron chi connectivity index (χ4n) is 1.34. The van der Waals surface area contributed by atoms with Crippen LogP contribution in [0.1, 0.15) is 29.4 Å². The van der Waals surface area contributed by atoms with E-state index in [9.17, 15) is 13.2 Å². The second-order valence-corrected chi connectivity index (χ2v) is 6.11. The van der Waals surface area contributed by atoms with Gasteiger partial charge in [-0.2, -0.15) is 0 Å². The van der Waals surface area contributed by atoms with E-state index < -0.39 is 15.8 Å². The molecule has 0 aliphatic rings. The topological polar surface area (TPSA) is 86.2 Å². The maximum atomic E-state index is 11.9. The van der Waals surface area contributed by atoms with Gasteiger partial charge < -0.3 is 4.74 Å². The molecular formula is C11H15ClN2O4S. The van der Waals surface area contributed by atoms with Crippen LogP contribution in [0.25, 0.3) is 0 Å². The Kier molecular flexibility index (Phi) is 5.68. The van der Waals surface area contributed by atoms with Crippen molar-refractivity contribution in [3.8, 4) is 0 Å². The summed E-state index contributed by atoms with van der Waals surface area (Å²) in [7, 11) is -3.56. The highest BCUT2D eigenvalue weighted by molar-refractivity contribution is 7.91. The van der Waals surface area contributed by atoms with Crippen LogP contribution in [-0.4, -0.2) is 42.6 Å². The number of hydrogen-bond acceptors (Lipinski definition) is 6. The van der Waals surface area contributed by atoms with Crippen LogP contribution in [0.15, 0.2) is 11.4 Å². The minimum Gasteiger partial charge on any atom is -0.462 e. The molecule has 8 heteroatoms. The molecule has 1 heterocycles. The van der Waals surface area contributed by atoms with Gasteiger partial charge in [-0.3, -0.25) is 0 Å². The largest absolute Gasteiger partial charge is 0.462 e. The highest BCUT2D eigenvalue weighted by Gasteiger charge is 2.20. The van der Waals surface area contributed by atoms with Crippen LogP contribution >= 0.6 is 11.6 Å². The number of carbonyl (C=O) groups excluding carboxylic acids is 1. The summed E-state index contributed by atoms with van der Waals surface area (Å²) in [5.74, 6) is -0.432. The minimum atomic E-state index is -3.56. The van der Waals surface area contributed by atoms with Crippen molar-refractivity contribution in [3.63, 3.8) is 0 Å². The first-order valence-electron chi connectivity index (χ1n) is 5.72. The molecule has 1 aromatic rings. The number of aryl methyl sites for hydroxylation is 1. The van der Waals surface area contributed by atoms with Crippen molar-refractivity contribution in [3.05, 3.63) is 17.5 Å². The Bertz CT molecular complexity index is 560. The molecule has 0 aromatic carbocycles. The number of alkyl halides is 1. The van der Waals surface area contributed by atoms with E-state index in [2.05, 4.69) is 9.97 Å². The summed E-state index contributed by atoms with van der Waals surface area (Å²) in [4.78, 5) is 19.1. The number of carbonyl (C=O) groups is 1. The number of hydrogen-bond donors (Lipinski definition) is 0. The van der Waals surface area contributed by atoms with Gasteiger partial charge in [-0.05, 0) is 20.3 Å². The van der Waals surface area contributed by atoms with E-state index in [1.807, 2.05) is 0 Å². The molecule has 0 bridgehead atoms. The maximum absolute atomic E-state index is 11.9. The SMILES string of the molecule is CCOC(=O)c1cnc(S(=O)(=O)CCCCl)nc1C. The molecular weight excluding hydrogens is 292 g/mol. The molecule has 1 rings (SSSR count). The molecule has 0 fully saturated rings. The maximum Gasteiger partial charge on any atom is 0.341 e. The van der Waals surface area contributed by atoms with Crippen molar-refractivity contribution in [1.82, 2.24) is 9.97 Å². The smallest absolute Gasteiger partial charge is 0.341 e. The second kappa shape index (κ2) is 6.81. The lowest BCUT2D eigenvalue weighted by Gasteiger charge is -2.06. The molecule has 0 atom stereocenters. The van der Waals surface area contributed by atoms with Crippen molar-refractivity contribution in [2.75, 3.05) is 18.2 Å². The number of sulfone groups is 1.